The maximum absolute atomic E-state index is 13.6. The van der Waals surface area contributed by atoms with Gasteiger partial charge in [0.2, 0.25) is 0 Å². The minimum atomic E-state index is -0.172. The molecule has 21 heavy (non-hydrogen) atoms. The Bertz CT molecular complexity index is 725. The van der Waals surface area contributed by atoms with Crippen LogP contribution >= 0.6 is 15.9 Å². The van der Waals surface area contributed by atoms with E-state index in [1.807, 2.05) is 12.1 Å². The lowest BCUT2D eigenvalue weighted by Gasteiger charge is -2.38. The van der Waals surface area contributed by atoms with Crippen molar-refractivity contribution in [3.63, 3.8) is 0 Å². The minimum Gasteiger partial charge on any atom is -0.377 e. The van der Waals surface area contributed by atoms with Gasteiger partial charge in [0.25, 0.3) is 0 Å². The predicted molar refractivity (Wildman–Crippen MR) is 86.9 cm³/mol. The van der Waals surface area contributed by atoms with Gasteiger partial charge in [-0.3, -0.25) is 0 Å². The van der Waals surface area contributed by atoms with Gasteiger partial charge in [-0.15, -0.1) is 0 Å². The first kappa shape index (κ1) is 13.1. The van der Waals surface area contributed by atoms with Gasteiger partial charge < -0.3 is 5.32 Å². The van der Waals surface area contributed by atoms with E-state index in [2.05, 4.69) is 45.5 Å². The number of halogens is 2. The van der Waals surface area contributed by atoms with Gasteiger partial charge in [0.15, 0.2) is 0 Å². The zero-order chi connectivity index (χ0) is 14.4. The van der Waals surface area contributed by atoms with Crippen LogP contribution in [0.4, 0.5) is 10.1 Å². The maximum Gasteiger partial charge on any atom is 0.123 e. The molecule has 3 heteroatoms. The molecule has 4 rings (SSSR count). The molecule has 1 aliphatic heterocycles. The molecule has 1 N–H and O–H groups in total. The molecule has 0 saturated carbocycles. The Morgan fingerprint density at radius 3 is 2.86 bits per heavy atom. The number of anilines is 1. The van der Waals surface area contributed by atoms with E-state index in [1.165, 1.54) is 11.6 Å². The molecular weight excluding hydrogens is 329 g/mol. The first-order valence-corrected chi connectivity index (χ1v) is 8.00. The largest absolute Gasteiger partial charge is 0.377 e. The second kappa shape index (κ2) is 4.99. The van der Waals surface area contributed by atoms with Crippen LogP contribution in [-0.4, -0.2) is 0 Å². The fraction of sp³-hybridized carbons (Fsp3) is 0.222. The van der Waals surface area contributed by atoms with Crippen molar-refractivity contribution in [1.82, 2.24) is 0 Å². The van der Waals surface area contributed by atoms with E-state index in [1.54, 1.807) is 12.1 Å². The van der Waals surface area contributed by atoms with Crippen molar-refractivity contribution in [2.45, 2.75) is 18.4 Å². The first-order chi connectivity index (χ1) is 10.2. The van der Waals surface area contributed by atoms with E-state index in [4.69, 9.17) is 0 Å². The molecule has 0 saturated heterocycles. The van der Waals surface area contributed by atoms with Crippen molar-refractivity contribution in [1.29, 1.82) is 0 Å². The molecule has 2 aliphatic rings. The summed E-state index contributed by atoms with van der Waals surface area (Å²) >= 11 is 3.63. The molecule has 0 radical (unpaired) electrons. The van der Waals surface area contributed by atoms with Gasteiger partial charge in [0.1, 0.15) is 5.82 Å². The monoisotopic (exact) mass is 343 g/mol. The highest BCUT2D eigenvalue weighted by atomic mass is 79.9. The number of para-hydroxylation sites is 1. The Morgan fingerprint density at radius 1 is 1.14 bits per heavy atom. The van der Waals surface area contributed by atoms with Crippen LogP contribution in [0.5, 0.6) is 0 Å². The molecular formula is C18H15BrFN. The van der Waals surface area contributed by atoms with E-state index in [0.29, 0.717) is 11.8 Å². The van der Waals surface area contributed by atoms with E-state index < -0.39 is 0 Å². The van der Waals surface area contributed by atoms with E-state index >= 15 is 0 Å². The second-order valence-corrected chi connectivity index (χ2v) is 6.59. The zero-order valence-corrected chi connectivity index (χ0v) is 13.0. The molecule has 0 bridgehead atoms. The highest BCUT2D eigenvalue weighted by Crippen LogP contribution is 2.51. The van der Waals surface area contributed by atoms with Crippen LogP contribution < -0.4 is 5.32 Å². The average molecular weight is 344 g/mol. The average Bonchev–Trinajstić information content (AvgIpc) is 2.96. The van der Waals surface area contributed by atoms with E-state index in [-0.39, 0.29) is 11.9 Å². The van der Waals surface area contributed by atoms with Crippen LogP contribution in [0.1, 0.15) is 29.5 Å². The summed E-state index contributed by atoms with van der Waals surface area (Å²) < 4.78 is 14.7. The Kier molecular flexibility index (Phi) is 3.11. The molecule has 0 spiro atoms. The molecule has 106 valence electrons. The van der Waals surface area contributed by atoms with E-state index in [9.17, 15) is 4.39 Å². The van der Waals surface area contributed by atoms with Crippen LogP contribution in [0, 0.1) is 11.7 Å². The van der Waals surface area contributed by atoms with Gasteiger partial charge in [-0.25, -0.2) is 4.39 Å². The lowest BCUT2D eigenvalue weighted by molar-refractivity contribution is 0.424. The lowest BCUT2D eigenvalue weighted by atomic mass is 9.77. The summed E-state index contributed by atoms with van der Waals surface area (Å²) in [5, 5.41) is 3.63. The van der Waals surface area contributed by atoms with Gasteiger partial charge in [-0.1, -0.05) is 36.4 Å². The number of rotatable bonds is 1. The highest BCUT2D eigenvalue weighted by molar-refractivity contribution is 9.10. The molecule has 0 unspecified atom stereocenters. The molecule has 0 fully saturated rings. The summed E-state index contributed by atoms with van der Waals surface area (Å²) in [4.78, 5) is 0. The Morgan fingerprint density at radius 2 is 2.00 bits per heavy atom. The quantitative estimate of drug-likeness (QED) is 0.682. The fourth-order valence-electron chi connectivity index (χ4n) is 3.61. The minimum absolute atomic E-state index is 0.145. The molecule has 3 atom stereocenters. The van der Waals surface area contributed by atoms with Gasteiger partial charge >= 0.3 is 0 Å². The highest BCUT2D eigenvalue weighted by Gasteiger charge is 2.38. The van der Waals surface area contributed by atoms with Crippen LogP contribution in [-0.2, 0) is 0 Å². The maximum atomic E-state index is 13.6. The summed E-state index contributed by atoms with van der Waals surface area (Å²) in [7, 11) is 0. The molecule has 1 heterocycles. The summed E-state index contributed by atoms with van der Waals surface area (Å²) in [5.74, 6) is 0.690. The number of hydrogen-bond acceptors (Lipinski definition) is 1. The first-order valence-electron chi connectivity index (χ1n) is 7.21. The molecule has 2 aromatic carbocycles. The second-order valence-electron chi connectivity index (χ2n) is 5.73. The van der Waals surface area contributed by atoms with Gasteiger partial charge in [-0.05, 0) is 57.6 Å². The number of benzene rings is 2. The summed E-state index contributed by atoms with van der Waals surface area (Å²) in [6, 6.07) is 13.4. The van der Waals surface area contributed by atoms with Gasteiger partial charge in [-0.2, -0.15) is 0 Å². The van der Waals surface area contributed by atoms with Crippen LogP contribution in [0.3, 0.4) is 0 Å². The summed E-state index contributed by atoms with van der Waals surface area (Å²) in [6.07, 6.45) is 5.58. The van der Waals surface area contributed by atoms with Crippen molar-refractivity contribution in [2.75, 3.05) is 5.32 Å². The smallest absolute Gasteiger partial charge is 0.123 e. The molecule has 1 aliphatic carbocycles. The normalized spacial score (nSPS) is 26.1. The zero-order valence-electron chi connectivity index (χ0n) is 11.4. The molecule has 0 amide bonds. The Labute approximate surface area is 132 Å². The van der Waals surface area contributed by atoms with Crippen LogP contribution in [0.25, 0.3) is 0 Å². The van der Waals surface area contributed by atoms with E-state index in [0.717, 1.165) is 22.1 Å². The van der Waals surface area contributed by atoms with Crippen molar-refractivity contribution in [3.05, 3.63) is 76.0 Å². The molecule has 0 aromatic heterocycles. The standard InChI is InChI=1S/C18H15BrFN/c19-16-9-3-8-15-13-6-2-7-14(13)17(21-18(15)16)11-4-1-5-12(20)10-11/h1-6,8-10,13-14,17,21H,7H2/t13-,14-,17-/m0/s1. The van der Waals surface area contributed by atoms with Gasteiger partial charge in [0, 0.05) is 10.4 Å². The lowest BCUT2D eigenvalue weighted by Crippen LogP contribution is -2.29. The third-order valence-corrected chi connectivity index (χ3v) is 5.21. The summed E-state index contributed by atoms with van der Waals surface area (Å²) in [5.41, 5.74) is 3.49. The summed E-state index contributed by atoms with van der Waals surface area (Å²) in [6.45, 7) is 0. The number of nitrogens with one attached hydrogen (secondary N) is 1. The number of hydrogen-bond donors (Lipinski definition) is 1. The topological polar surface area (TPSA) is 12.0 Å². The Hall–Kier alpha value is -1.61. The van der Waals surface area contributed by atoms with Crippen LogP contribution in [0.2, 0.25) is 0 Å². The van der Waals surface area contributed by atoms with Crippen molar-refractivity contribution in [2.24, 2.45) is 5.92 Å². The van der Waals surface area contributed by atoms with Crippen LogP contribution in [0.15, 0.2) is 59.1 Å². The third kappa shape index (κ3) is 2.11. The fourth-order valence-corrected chi connectivity index (χ4v) is 4.11. The molecule has 2 aromatic rings. The van der Waals surface area contributed by atoms with Crippen molar-refractivity contribution >= 4 is 21.6 Å². The molecule has 1 nitrogen and oxygen atoms in total. The predicted octanol–water partition coefficient (Wildman–Crippen LogP) is 5.41. The third-order valence-electron chi connectivity index (χ3n) is 4.55. The van der Waals surface area contributed by atoms with Crippen molar-refractivity contribution < 1.29 is 4.39 Å². The Balaban J connectivity index is 1.83. The number of fused-ring (bicyclic) bond motifs is 3. The van der Waals surface area contributed by atoms with Crippen molar-refractivity contribution in [3.8, 4) is 0 Å². The SMILES string of the molecule is Fc1cccc([C@@H]2Nc3c(Br)cccc3[C@H]3C=CC[C@@H]32)c1. The van der Waals surface area contributed by atoms with Gasteiger partial charge in [0.05, 0.1) is 11.7 Å². The number of allylic oxidation sites excluding steroid dienone is 2.